The maximum Gasteiger partial charge on any atom is 0.227 e. The first-order chi connectivity index (χ1) is 14.9. The van der Waals surface area contributed by atoms with Gasteiger partial charge < -0.3 is 9.80 Å². The Morgan fingerprint density at radius 3 is 2.23 bits per heavy atom. The van der Waals surface area contributed by atoms with E-state index < -0.39 is 9.84 Å². The van der Waals surface area contributed by atoms with Gasteiger partial charge in [0.05, 0.1) is 11.3 Å². The Balaban J connectivity index is 1.46. The highest BCUT2D eigenvalue weighted by atomic mass is 32.2. The summed E-state index contributed by atoms with van der Waals surface area (Å²) in [7, 11) is -3.21. The van der Waals surface area contributed by atoms with Gasteiger partial charge >= 0.3 is 0 Å². The van der Waals surface area contributed by atoms with Gasteiger partial charge in [0, 0.05) is 31.9 Å². The van der Waals surface area contributed by atoms with Crippen molar-refractivity contribution in [3.05, 3.63) is 65.7 Å². The van der Waals surface area contributed by atoms with Gasteiger partial charge in [-0.05, 0) is 62.4 Å². The van der Waals surface area contributed by atoms with Crippen LogP contribution in [-0.4, -0.2) is 62.6 Å². The molecule has 3 rings (SSSR count). The molecule has 0 N–H and O–H groups in total. The zero-order valence-corrected chi connectivity index (χ0v) is 19.5. The zero-order valence-electron chi connectivity index (χ0n) is 18.7. The number of likely N-dealkylation sites (N-methyl/N-ethyl adjacent to an activating group) is 1. The lowest BCUT2D eigenvalue weighted by Crippen LogP contribution is -2.48. The summed E-state index contributed by atoms with van der Waals surface area (Å²) in [5.41, 5.74) is 2.25. The Hall–Kier alpha value is -2.18. The molecule has 0 spiro atoms. The highest BCUT2D eigenvalue weighted by Crippen LogP contribution is 2.19. The number of carbonyl (C=O) groups excluding carboxylic acids is 1. The molecule has 5 nitrogen and oxygen atoms in total. The lowest BCUT2D eigenvalue weighted by atomic mass is 10.0. The van der Waals surface area contributed by atoms with Crippen LogP contribution in [0.1, 0.15) is 37.3 Å². The Morgan fingerprint density at radius 2 is 1.65 bits per heavy atom. The molecular weight excluding hydrogens is 408 g/mol. The molecule has 1 heterocycles. The van der Waals surface area contributed by atoms with E-state index in [0.717, 1.165) is 50.9 Å². The molecule has 0 unspecified atom stereocenters. The average molecular weight is 443 g/mol. The molecule has 2 aromatic rings. The van der Waals surface area contributed by atoms with E-state index in [9.17, 15) is 13.2 Å². The molecule has 0 aliphatic carbocycles. The summed E-state index contributed by atoms with van der Waals surface area (Å²) in [5.74, 6) is 0.122. The highest BCUT2D eigenvalue weighted by Gasteiger charge is 2.26. The van der Waals surface area contributed by atoms with Gasteiger partial charge in [0.15, 0.2) is 9.84 Å². The van der Waals surface area contributed by atoms with Crippen LogP contribution in [0.5, 0.6) is 0 Å². The van der Waals surface area contributed by atoms with Crippen molar-refractivity contribution >= 4 is 15.7 Å². The van der Waals surface area contributed by atoms with Crippen LogP contribution >= 0.6 is 0 Å². The zero-order chi connectivity index (χ0) is 22.3. The predicted molar refractivity (Wildman–Crippen MR) is 125 cm³/mol. The first-order valence-electron chi connectivity index (χ1n) is 11.2. The van der Waals surface area contributed by atoms with Crippen LogP contribution in [0, 0.1) is 0 Å². The Kier molecular flexibility index (Phi) is 8.27. The van der Waals surface area contributed by atoms with Crippen LogP contribution in [0.2, 0.25) is 0 Å². The first kappa shape index (κ1) is 23.5. The molecule has 1 aliphatic heterocycles. The van der Waals surface area contributed by atoms with E-state index in [0.29, 0.717) is 13.0 Å². The van der Waals surface area contributed by atoms with Gasteiger partial charge in [-0.15, -0.1) is 0 Å². The van der Waals surface area contributed by atoms with Gasteiger partial charge in [-0.25, -0.2) is 8.42 Å². The first-order valence-corrected chi connectivity index (χ1v) is 13.1. The maximum atomic E-state index is 12.9. The number of aryl methyl sites for hydroxylation is 1. The summed E-state index contributed by atoms with van der Waals surface area (Å²) >= 11 is 0. The third kappa shape index (κ3) is 6.91. The second-order valence-corrected chi connectivity index (χ2v) is 10.5. The fourth-order valence-corrected chi connectivity index (χ4v) is 5.01. The summed E-state index contributed by atoms with van der Waals surface area (Å²) in [6.07, 6.45) is 5.80. The monoisotopic (exact) mass is 442 g/mol. The van der Waals surface area contributed by atoms with Gasteiger partial charge in [0.1, 0.15) is 0 Å². The van der Waals surface area contributed by atoms with E-state index in [1.54, 1.807) is 24.3 Å². The molecule has 6 heteroatoms. The molecule has 0 aromatic heterocycles. The Labute approximate surface area is 187 Å². The molecule has 0 radical (unpaired) electrons. The van der Waals surface area contributed by atoms with E-state index in [2.05, 4.69) is 35.2 Å². The summed E-state index contributed by atoms with van der Waals surface area (Å²) < 4.78 is 23.2. The molecule has 0 atom stereocenters. The van der Waals surface area contributed by atoms with Crippen LogP contribution in [0.15, 0.2) is 59.5 Å². The van der Waals surface area contributed by atoms with Crippen LogP contribution in [-0.2, 0) is 27.5 Å². The molecule has 0 bridgehead atoms. The number of likely N-dealkylation sites (tertiary alicyclic amines) is 1. The number of benzene rings is 2. The van der Waals surface area contributed by atoms with Crippen molar-refractivity contribution in [3.8, 4) is 0 Å². The van der Waals surface area contributed by atoms with Crippen molar-refractivity contribution in [1.29, 1.82) is 0 Å². The third-order valence-corrected chi connectivity index (χ3v) is 7.28. The van der Waals surface area contributed by atoms with E-state index in [-0.39, 0.29) is 16.8 Å². The number of carbonyl (C=O) groups is 1. The maximum absolute atomic E-state index is 12.9. The van der Waals surface area contributed by atoms with Crippen LogP contribution in [0.3, 0.4) is 0 Å². The standard InChI is InChI=1S/C25H34N2O3S/c1-3-27(25(28)20-22-11-13-24(14-12-22)31(2,29)30)23-15-18-26(19-16-23)17-7-10-21-8-5-4-6-9-21/h4-6,8-9,11-14,23H,3,7,10,15-20H2,1-2H3. The minimum Gasteiger partial charge on any atom is -0.340 e. The van der Waals surface area contributed by atoms with E-state index in [1.165, 1.54) is 11.8 Å². The van der Waals surface area contributed by atoms with Gasteiger partial charge in [-0.2, -0.15) is 0 Å². The molecule has 31 heavy (non-hydrogen) atoms. The van der Waals surface area contributed by atoms with Gasteiger partial charge in [-0.3, -0.25) is 4.79 Å². The van der Waals surface area contributed by atoms with Gasteiger partial charge in [0.25, 0.3) is 0 Å². The number of piperidine rings is 1. The molecule has 1 fully saturated rings. The van der Waals surface area contributed by atoms with Gasteiger partial charge in [-0.1, -0.05) is 42.5 Å². The quantitative estimate of drug-likeness (QED) is 0.596. The average Bonchev–Trinajstić information content (AvgIpc) is 2.76. The largest absolute Gasteiger partial charge is 0.340 e. The van der Waals surface area contributed by atoms with Crippen LogP contribution in [0.25, 0.3) is 0 Å². The van der Waals surface area contributed by atoms with Crippen LogP contribution < -0.4 is 0 Å². The molecular formula is C25H34N2O3S. The number of nitrogens with zero attached hydrogens (tertiary/aromatic N) is 2. The Bertz CT molecular complexity index is 934. The minimum atomic E-state index is -3.21. The number of hydrogen-bond acceptors (Lipinski definition) is 4. The number of rotatable bonds is 9. The van der Waals surface area contributed by atoms with Crippen molar-refractivity contribution in [2.75, 3.05) is 32.4 Å². The van der Waals surface area contributed by atoms with Crippen molar-refractivity contribution in [3.63, 3.8) is 0 Å². The third-order valence-electron chi connectivity index (χ3n) is 6.15. The molecule has 1 aliphatic rings. The molecule has 1 saturated heterocycles. The number of amides is 1. The molecule has 2 aromatic carbocycles. The summed E-state index contributed by atoms with van der Waals surface area (Å²) in [6, 6.07) is 17.6. The normalized spacial score (nSPS) is 15.7. The molecule has 1 amide bonds. The molecule has 168 valence electrons. The Morgan fingerprint density at radius 1 is 1.00 bits per heavy atom. The summed E-state index contributed by atoms with van der Waals surface area (Å²) in [4.78, 5) is 17.7. The number of sulfone groups is 1. The second kappa shape index (κ2) is 10.9. The number of hydrogen-bond donors (Lipinski definition) is 0. The van der Waals surface area contributed by atoms with Gasteiger partial charge in [0.2, 0.25) is 5.91 Å². The second-order valence-electron chi connectivity index (χ2n) is 8.43. The van der Waals surface area contributed by atoms with Crippen molar-refractivity contribution in [2.45, 2.75) is 50.0 Å². The smallest absolute Gasteiger partial charge is 0.227 e. The minimum absolute atomic E-state index is 0.122. The topological polar surface area (TPSA) is 57.7 Å². The predicted octanol–water partition coefficient (Wildman–Crippen LogP) is 3.58. The fourth-order valence-electron chi connectivity index (χ4n) is 4.37. The van der Waals surface area contributed by atoms with Crippen molar-refractivity contribution in [1.82, 2.24) is 9.80 Å². The summed E-state index contributed by atoms with van der Waals surface area (Å²) in [6.45, 7) is 5.92. The van der Waals surface area contributed by atoms with Crippen LogP contribution in [0.4, 0.5) is 0 Å². The SMILES string of the molecule is CCN(C(=O)Cc1ccc(S(C)(=O)=O)cc1)C1CCN(CCCc2ccccc2)CC1. The lowest BCUT2D eigenvalue weighted by molar-refractivity contribution is -0.133. The lowest BCUT2D eigenvalue weighted by Gasteiger charge is -2.38. The van der Waals surface area contributed by atoms with E-state index in [1.807, 2.05) is 11.8 Å². The van der Waals surface area contributed by atoms with E-state index in [4.69, 9.17) is 0 Å². The summed E-state index contributed by atoms with van der Waals surface area (Å²) in [5, 5.41) is 0. The highest BCUT2D eigenvalue weighted by molar-refractivity contribution is 7.90. The molecule has 0 saturated carbocycles. The van der Waals surface area contributed by atoms with Crippen molar-refractivity contribution in [2.24, 2.45) is 0 Å². The fraction of sp³-hybridized carbons (Fsp3) is 0.480. The van der Waals surface area contributed by atoms with E-state index >= 15 is 0 Å². The van der Waals surface area contributed by atoms with Crippen molar-refractivity contribution < 1.29 is 13.2 Å².